The van der Waals surface area contributed by atoms with Crippen LogP contribution in [-0.2, 0) is 14.6 Å². The van der Waals surface area contributed by atoms with Gasteiger partial charge in [-0.05, 0) is 51.2 Å². The van der Waals surface area contributed by atoms with Crippen LogP contribution < -0.4 is 11.1 Å². The molecule has 0 saturated carbocycles. The summed E-state index contributed by atoms with van der Waals surface area (Å²) in [6, 6.07) is -0.740. The van der Waals surface area contributed by atoms with E-state index < -0.39 is 15.9 Å². The van der Waals surface area contributed by atoms with Crippen LogP contribution in [0.5, 0.6) is 0 Å². The Morgan fingerprint density at radius 1 is 1.38 bits per heavy atom. The number of rotatable bonds is 8. The third kappa shape index (κ3) is 8.38. The lowest BCUT2D eigenvalue weighted by Crippen LogP contribution is -2.42. The molecule has 3 N–H and O–H groups in total. The molecule has 0 aromatic rings. The van der Waals surface area contributed by atoms with E-state index in [-0.39, 0.29) is 18.1 Å². The van der Waals surface area contributed by atoms with E-state index in [4.69, 9.17) is 5.73 Å². The monoisotopic (exact) mass is 319 g/mol. The molecule has 0 aromatic heterocycles. The van der Waals surface area contributed by atoms with Gasteiger partial charge in [0.05, 0.1) is 11.8 Å². The normalized spacial score (nSPS) is 19.4. The third-order valence-corrected chi connectivity index (χ3v) is 4.94. The van der Waals surface area contributed by atoms with E-state index in [1.54, 1.807) is 0 Å². The number of amides is 1. The van der Waals surface area contributed by atoms with E-state index in [9.17, 15) is 13.2 Å². The Bertz CT molecular complexity index is 417. The molecule has 7 heteroatoms. The summed E-state index contributed by atoms with van der Waals surface area (Å²) in [5.74, 6) is 0.521. The molecule has 0 radical (unpaired) electrons. The highest BCUT2D eigenvalue weighted by Gasteiger charge is 2.17. The average Bonchev–Trinajstić information content (AvgIpc) is 2.41. The molecule has 1 rings (SSSR count). The van der Waals surface area contributed by atoms with Crippen LogP contribution >= 0.6 is 0 Å². The van der Waals surface area contributed by atoms with Crippen molar-refractivity contribution in [2.75, 3.05) is 38.2 Å². The zero-order chi connectivity index (χ0) is 15.9. The fraction of sp³-hybridized carbons (Fsp3) is 0.929. The predicted octanol–water partition coefficient (Wildman–Crippen LogP) is -0.0134. The van der Waals surface area contributed by atoms with E-state index in [1.165, 1.54) is 12.8 Å². The summed E-state index contributed by atoms with van der Waals surface area (Å²) in [5.41, 5.74) is 5.68. The van der Waals surface area contributed by atoms with Gasteiger partial charge in [0.25, 0.3) is 0 Å². The van der Waals surface area contributed by atoms with Crippen LogP contribution in [0.4, 0.5) is 0 Å². The van der Waals surface area contributed by atoms with Crippen LogP contribution in [0.25, 0.3) is 0 Å². The molecular formula is C14H29N3O3S. The highest BCUT2D eigenvalue weighted by molar-refractivity contribution is 7.90. The van der Waals surface area contributed by atoms with Gasteiger partial charge >= 0.3 is 0 Å². The molecule has 1 atom stereocenters. The molecular weight excluding hydrogens is 290 g/mol. The van der Waals surface area contributed by atoms with Crippen molar-refractivity contribution in [3.05, 3.63) is 0 Å². The molecule has 6 nitrogen and oxygen atoms in total. The zero-order valence-electron chi connectivity index (χ0n) is 13.2. The van der Waals surface area contributed by atoms with Crippen molar-refractivity contribution in [3.63, 3.8) is 0 Å². The van der Waals surface area contributed by atoms with Crippen molar-refractivity contribution in [2.45, 2.75) is 38.6 Å². The van der Waals surface area contributed by atoms with Crippen molar-refractivity contribution in [3.8, 4) is 0 Å². The van der Waals surface area contributed by atoms with Gasteiger partial charge in [0.1, 0.15) is 9.84 Å². The molecule has 0 bridgehead atoms. The van der Waals surface area contributed by atoms with Crippen molar-refractivity contribution < 1.29 is 13.2 Å². The molecule has 0 aromatic carbocycles. The summed E-state index contributed by atoms with van der Waals surface area (Å²) in [6.45, 7) is 6.16. The molecule has 1 unspecified atom stereocenters. The summed E-state index contributed by atoms with van der Waals surface area (Å²) in [6.07, 6.45) is 4.73. The molecule has 1 heterocycles. The van der Waals surface area contributed by atoms with E-state index in [1.807, 2.05) is 0 Å². The number of likely N-dealkylation sites (tertiary alicyclic amines) is 1. The maximum Gasteiger partial charge on any atom is 0.236 e. The molecule has 1 aliphatic rings. The molecule has 1 saturated heterocycles. The molecule has 0 spiro atoms. The van der Waals surface area contributed by atoms with Crippen molar-refractivity contribution in [2.24, 2.45) is 11.7 Å². The van der Waals surface area contributed by atoms with Gasteiger partial charge < -0.3 is 16.0 Å². The van der Waals surface area contributed by atoms with Gasteiger partial charge in [-0.15, -0.1) is 0 Å². The van der Waals surface area contributed by atoms with Gasteiger partial charge in [-0.2, -0.15) is 0 Å². The number of nitrogens with one attached hydrogen (secondary N) is 1. The van der Waals surface area contributed by atoms with Crippen LogP contribution in [-0.4, -0.2) is 63.5 Å². The SMILES string of the molecule is CC1CCN(CCCNC(=O)C(N)CCS(C)(=O)=O)CC1. The number of sulfone groups is 1. The third-order valence-electron chi connectivity index (χ3n) is 3.96. The van der Waals surface area contributed by atoms with Crippen LogP contribution in [0.15, 0.2) is 0 Å². The predicted molar refractivity (Wildman–Crippen MR) is 84.8 cm³/mol. The number of nitrogens with zero attached hydrogens (tertiary/aromatic N) is 1. The number of piperidine rings is 1. The first kappa shape index (κ1) is 18.4. The Labute approximate surface area is 128 Å². The van der Waals surface area contributed by atoms with E-state index >= 15 is 0 Å². The summed E-state index contributed by atoms with van der Waals surface area (Å²) in [4.78, 5) is 14.1. The fourth-order valence-corrected chi connectivity index (χ4v) is 3.09. The standard InChI is InChI=1S/C14H29N3O3S/c1-12-4-9-17(10-5-12)8-3-7-16-14(18)13(15)6-11-21(2,19)20/h12-13H,3-11,15H2,1-2H3,(H,16,18). The van der Waals surface area contributed by atoms with Gasteiger partial charge in [-0.1, -0.05) is 6.92 Å². The minimum absolute atomic E-state index is 0.0481. The Hall–Kier alpha value is -0.660. The van der Waals surface area contributed by atoms with Crippen LogP contribution in [0.3, 0.4) is 0 Å². The molecule has 0 aliphatic carbocycles. The molecule has 1 amide bonds. The summed E-state index contributed by atoms with van der Waals surface area (Å²) < 4.78 is 22.0. The summed E-state index contributed by atoms with van der Waals surface area (Å²) >= 11 is 0. The smallest absolute Gasteiger partial charge is 0.236 e. The molecule has 21 heavy (non-hydrogen) atoms. The number of nitrogens with two attached hydrogens (primary N) is 1. The van der Waals surface area contributed by atoms with Gasteiger partial charge in [0, 0.05) is 12.8 Å². The first-order valence-electron chi connectivity index (χ1n) is 7.71. The highest BCUT2D eigenvalue weighted by Crippen LogP contribution is 2.15. The van der Waals surface area contributed by atoms with Crippen molar-refractivity contribution in [1.29, 1.82) is 0 Å². The number of hydrogen-bond acceptors (Lipinski definition) is 5. The Balaban J connectivity index is 2.10. The number of carbonyl (C=O) groups is 1. The number of hydrogen-bond donors (Lipinski definition) is 2. The van der Waals surface area contributed by atoms with Crippen molar-refractivity contribution >= 4 is 15.7 Å². The van der Waals surface area contributed by atoms with Gasteiger partial charge in [0.2, 0.25) is 5.91 Å². The maximum atomic E-state index is 11.7. The highest BCUT2D eigenvalue weighted by atomic mass is 32.2. The van der Waals surface area contributed by atoms with Crippen LogP contribution in [0, 0.1) is 5.92 Å². The second kappa shape index (κ2) is 8.70. The molecule has 124 valence electrons. The Morgan fingerprint density at radius 3 is 2.57 bits per heavy atom. The second-order valence-electron chi connectivity index (χ2n) is 6.19. The zero-order valence-corrected chi connectivity index (χ0v) is 14.0. The number of carbonyl (C=O) groups excluding carboxylic acids is 1. The lowest BCUT2D eigenvalue weighted by Gasteiger charge is -2.30. The Kier molecular flexibility index (Phi) is 7.62. The first-order valence-corrected chi connectivity index (χ1v) is 9.77. The van der Waals surface area contributed by atoms with Crippen molar-refractivity contribution in [1.82, 2.24) is 10.2 Å². The minimum Gasteiger partial charge on any atom is -0.355 e. The second-order valence-corrected chi connectivity index (χ2v) is 8.45. The average molecular weight is 319 g/mol. The van der Waals surface area contributed by atoms with E-state index in [0.29, 0.717) is 6.54 Å². The lowest BCUT2D eigenvalue weighted by atomic mass is 9.99. The Morgan fingerprint density at radius 2 is 2.00 bits per heavy atom. The first-order chi connectivity index (χ1) is 9.78. The van der Waals surface area contributed by atoms with Gasteiger partial charge in [0.15, 0.2) is 0 Å². The lowest BCUT2D eigenvalue weighted by molar-refractivity contribution is -0.122. The summed E-state index contributed by atoms with van der Waals surface area (Å²) in [7, 11) is -3.06. The maximum absolute atomic E-state index is 11.7. The summed E-state index contributed by atoms with van der Waals surface area (Å²) in [5, 5.41) is 2.78. The largest absolute Gasteiger partial charge is 0.355 e. The quantitative estimate of drug-likeness (QED) is 0.614. The van der Waals surface area contributed by atoms with Crippen LogP contribution in [0.2, 0.25) is 0 Å². The molecule has 1 fully saturated rings. The fourth-order valence-electron chi connectivity index (χ4n) is 2.40. The topological polar surface area (TPSA) is 92.5 Å². The molecule has 1 aliphatic heterocycles. The van der Waals surface area contributed by atoms with E-state index in [2.05, 4.69) is 17.1 Å². The van der Waals surface area contributed by atoms with Gasteiger partial charge in [-0.3, -0.25) is 4.79 Å². The van der Waals surface area contributed by atoms with Gasteiger partial charge in [-0.25, -0.2) is 8.42 Å². The van der Waals surface area contributed by atoms with E-state index in [0.717, 1.165) is 38.2 Å². The minimum atomic E-state index is -3.06. The van der Waals surface area contributed by atoms with Crippen LogP contribution in [0.1, 0.15) is 32.6 Å².